The maximum Gasteiger partial charge on any atom is 0.263 e. The maximum absolute atomic E-state index is 12.9. The van der Waals surface area contributed by atoms with Crippen LogP contribution in [0.4, 0.5) is 0 Å². The van der Waals surface area contributed by atoms with Crippen molar-refractivity contribution in [3.05, 3.63) is 46.1 Å². The Morgan fingerprint density at radius 3 is 2.84 bits per heavy atom. The van der Waals surface area contributed by atoms with Gasteiger partial charge in [0.1, 0.15) is 11.3 Å². The van der Waals surface area contributed by atoms with E-state index < -0.39 is 11.5 Å². The lowest BCUT2D eigenvalue weighted by atomic mass is 9.99. The third-order valence-corrected chi connectivity index (χ3v) is 6.11. The molecule has 1 saturated heterocycles. The highest BCUT2D eigenvalue weighted by Crippen LogP contribution is 2.30. The third-order valence-electron chi connectivity index (χ3n) is 6.11. The van der Waals surface area contributed by atoms with Crippen molar-refractivity contribution in [2.45, 2.75) is 32.4 Å². The summed E-state index contributed by atoms with van der Waals surface area (Å²) in [5.41, 5.74) is 0.208. The highest BCUT2D eigenvalue weighted by atomic mass is 16.2. The van der Waals surface area contributed by atoms with Crippen molar-refractivity contribution in [1.29, 1.82) is 0 Å². The molecular weight excluding hydrogens is 414 g/mol. The number of rotatable bonds is 1. The zero-order valence-electron chi connectivity index (χ0n) is 18.2. The molecule has 2 atom stereocenters. The van der Waals surface area contributed by atoms with Crippen LogP contribution in [0.2, 0.25) is 0 Å². The van der Waals surface area contributed by atoms with Crippen LogP contribution in [0.1, 0.15) is 41.9 Å². The lowest BCUT2D eigenvalue weighted by Gasteiger charge is -2.20. The van der Waals surface area contributed by atoms with Crippen LogP contribution in [0, 0.1) is 5.92 Å². The monoisotopic (exact) mass is 441 g/mol. The van der Waals surface area contributed by atoms with Gasteiger partial charge in [-0.3, -0.25) is 19.2 Å². The van der Waals surface area contributed by atoms with Crippen molar-refractivity contribution in [1.82, 2.24) is 34.7 Å². The molecule has 2 aliphatic rings. The van der Waals surface area contributed by atoms with Crippen molar-refractivity contribution in [2.24, 2.45) is 5.92 Å². The Labute approximate surface area is 185 Å². The van der Waals surface area contributed by atoms with Gasteiger partial charge in [-0.1, -0.05) is 12.1 Å². The molecule has 1 N–H and O–H groups in total. The Balaban J connectivity index is 1.69. The van der Waals surface area contributed by atoms with E-state index in [1.54, 1.807) is 35.1 Å². The molecule has 0 radical (unpaired) electrons. The van der Waals surface area contributed by atoms with E-state index in [2.05, 4.69) is 15.6 Å². The normalized spacial score (nSPS) is 21.9. The minimum absolute atomic E-state index is 0.0349. The van der Waals surface area contributed by atoms with Crippen molar-refractivity contribution in [3.8, 4) is 0 Å². The fraction of sp³-hybridized carbons (Fsp3) is 0.524. The maximum atomic E-state index is 12.9. The van der Waals surface area contributed by atoms with Gasteiger partial charge in [-0.2, -0.15) is 0 Å². The van der Waals surface area contributed by atoms with Gasteiger partial charge in [0, 0.05) is 58.2 Å². The number of carbonyl (C=O) groups excluding carboxylic acids is 3. The number of fused-ring (bicyclic) bond motifs is 6. The van der Waals surface area contributed by atoms with Gasteiger partial charge in [-0.05, 0) is 12.1 Å². The zero-order chi connectivity index (χ0) is 22.8. The first-order valence-corrected chi connectivity index (χ1v) is 10.8. The van der Waals surface area contributed by atoms with Crippen LogP contribution in [-0.4, -0.2) is 80.3 Å². The molecule has 0 saturated carbocycles. The number of hydrogen-bond donors (Lipinski definition) is 1. The molecule has 11 nitrogen and oxygen atoms in total. The minimum atomic E-state index is -0.409. The molecule has 4 bridgehead atoms. The molecule has 4 heterocycles. The lowest BCUT2D eigenvalue weighted by Crippen LogP contribution is -2.39. The summed E-state index contributed by atoms with van der Waals surface area (Å²) in [7, 11) is 1.60. The second-order valence-corrected chi connectivity index (χ2v) is 8.31. The van der Waals surface area contributed by atoms with Crippen LogP contribution in [-0.2, 0) is 16.1 Å². The second-order valence-electron chi connectivity index (χ2n) is 8.31. The van der Waals surface area contributed by atoms with E-state index in [0.29, 0.717) is 25.2 Å². The lowest BCUT2D eigenvalue weighted by molar-refractivity contribution is -0.130. The van der Waals surface area contributed by atoms with Crippen LogP contribution in [0.15, 0.2) is 29.3 Å². The smallest absolute Gasteiger partial charge is 0.263 e. The highest BCUT2D eigenvalue weighted by Gasteiger charge is 2.38. The number of aromatic nitrogens is 4. The molecule has 2 aliphatic heterocycles. The molecule has 32 heavy (non-hydrogen) atoms. The van der Waals surface area contributed by atoms with E-state index in [4.69, 9.17) is 0 Å². The SMILES string of the molecule is CCC(=O)N1C[C@@H]2CC(=O)NCCN(C)C(=O)c3cccn(c3=O)Cc3cn(nn3)[C@@H]2C1. The summed E-state index contributed by atoms with van der Waals surface area (Å²) in [6.07, 6.45) is 3.99. The predicted octanol–water partition coefficient (Wildman–Crippen LogP) is -0.510. The fourth-order valence-corrected chi connectivity index (χ4v) is 4.31. The number of amides is 3. The van der Waals surface area contributed by atoms with Gasteiger partial charge >= 0.3 is 0 Å². The summed E-state index contributed by atoms with van der Waals surface area (Å²) in [5, 5.41) is 11.3. The molecule has 4 rings (SSSR count). The Morgan fingerprint density at radius 1 is 1.25 bits per heavy atom. The summed E-state index contributed by atoms with van der Waals surface area (Å²) < 4.78 is 3.12. The first-order valence-electron chi connectivity index (χ1n) is 10.8. The second kappa shape index (κ2) is 8.93. The van der Waals surface area contributed by atoms with E-state index in [-0.39, 0.29) is 55.4 Å². The molecule has 2 aromatic heterocycles. The van der Waals surface area contributed by atoms with Crippen molar-refractivity contribution < 1.29 is 14.4 Å². The summed E-state index contributed by atoms with van der Waals surface area (Å²) in [4.78, 5) is 53.7. The molecule has 170 valence electrons. The molecule has 11 heteroatoms. The van der Waals surface area contributed by atoms with Crippen LogP contribution in [0.5, 0.6) is 0 Å². The topological polar surface area (TPSA) is 122 Å². The Kier molecular flexibility index (Phi) is 6.06. The summed E-state index contributed by atoms with van der Waals surface area (Å²) in [6.45, 7) is 3.45. The number of likely N-dealkylation sites (N-methyl/N-ethyl adjacent to an activating group) is 1. The van der Waals surface area contributed by atoms with E-state index in [0.717, 1.165) is 0 Å². The molecule has 0 unspecified atom stereocenters. The van der Waals surface area contributed by atoms with Gasteiger partial charge in [0.25, 0.3) is 11.5 Å². The predicted molar refractivity (Wildman–Crippen MR) is 114 cm³/mol. The minimum Gasteiger partial charge on any atom is -0.354 e. The number of hydrogen-bond acceptors (Lipinski definition) is 6. The van der Waals surface area contributed by atoms with Crippen molar-refractivity contribution in [3.63, 3.8) is 0 Å². The van der Waals surface area contributed by atoms with Crippen molar-refractivity contribution >= 4 is 17.7 Å². The molecule has 3 amide bonds. The highest BCUT2D eigenvalue weighted by molar-refractivity contribution is 5.93. The first-order chi connectivity index (χ1) is 15.4. The Hall–Kier alpha value is -3.50. The van der Waals surface area contributed by atoms with E-state index in [1.807, 2.05) is 6.92 Å². The van der Waals surface area contributed by atoms with E-state index in [9.17, 15) is 19.2 Å². The van der Waals surface area contributed by atoms with Gasteiger partial charge in [-0.15, -0.1) is 5.10 Å². The van der Waals surface area contributed by atoms with Gasteiger partial charge in [-0.25, -0.2) is 4.68 Å². The van der Waals surface area contributed by atoms with Crippen LogP contribution in [0.25, 0.3) is 0 Å². The molecule has 0 spiro atoms. The molecular formula is C21H27N7O4. The molecule has 0 aromatic carbocycles. The summed E-state index contributed by atoms with van der Waals surface area (Å²) >= 11 is 0. The van der Waals surface area contributed by atoms with E-state index >= 15 is 0 Å². The number of nitrogens with zero attached hydrogens (tertiary/aromatic N) is 6. The number of nitrogens with one attached hydrogen (secondary N) is 1. The quantitative estimate of drug-likeness (QED) is 0.636. The first kappa shape index (κ1) is 21.7. The molecule has 2 aromatic rings. The van der Waals surface area contributed by atoms with E-state index in [1.165, 1.54) is 15.5 Å². The molecule has 0 aliphatic carbocycles. The fourth-order valence-electron chi connectivity index (χ4n) is 4.31. The van der Waals surface area contributed by atoms with Gasteiger partial charge in [0.2, 0.25) is 11.8 Å². The van der Waals surface area contributed by atoms with Gasteiger partial charge in [0.05, 0.1) is 18.8 Å². The Bertz CT molecular complexity index is 1090. The standard InChI is InChI=1S/C21H27N7O4/c1-3-19(30)27-10-14-9-18(29)22-6-8-25(2)20(31)16-5-4-7-26(21(16)32)11-15-12-28(24-23-15)17(14)13-27/h4-5,7,12,14,17H,3,6,8-11,13H2,1-2H3,(H,22,29)/t14-,17+/m0/s1. The van der Waals surface area contributed by atoms with Gasteiger partial charge in [0.15, 0.2) is 0 Å². The van der Waals surface area contributed by atoms with Crippen LogP contribution < -0.4 is 10.9 Å². The number of pyridine rings is 1. The number of likely N-dealkylation sites (tertiary alicyclic amines) is 1. The summed E-state index contributed by atoms with van der Waals surface area (Å²) in [5.74, 6) is -0.633. The van der Waals surface area contributed by atoms with Crippen LogP contribution in [0.3, 0.4) is 0 Å². The molecule has 1 fully saturated rings. The number of carbonyl (C=O) groups is 3. The Morgan fingerprint density at radius 2 is 2.06 bits per heavy atom. The van der Waals surface area contributed by atoms with Gasteiger partial charge < -0.3 is 19.7 Å². The summed E-state index contributed by atoms with van der Waals surface area (Å²) in [6, 6.07) is 2.97. The third kappa shape index (κ3) is 4.27. The average Bonchev–Trinajstić information content (AvgIpc) is 3.40. The van der Waals surface area contributed by atoms with Crippen molar-refractivity contribution in [2.75, 3.05) is 33.2 Å². The van der Waals surface area contributed by atoms with Crippen LogP contribution >= 0.6 is 0 Å². The average molecular weight is 441 g/mol. The zero-order valence-corrected chi connectivity index (χ0v) is 18.2. The largest absolute Gasteiger partial charge is 0.354 e.